The van der Waals surface area contributed by atoms with E-state index >= 15 is 0 Å². The molecule has 2 aromatic carbocycles. The SMILES string of the molecule is Cc1cc(C(=O)NCC(C)C)ccc1NC(=O)c1csc(Cc2ccccc2)n1. The zero-order chi connectivity index (χ0) is 20.8. The monoisotopic (exact) mass is 407 g/mol. The summed E-state index contributed by atoms with van der Waals surface area (Å²) in [5, 5.41) is 8.47. The maximum atomic E-state index is 12.6. The van der Waals surface area contributed by atoms with Gasteiger partial charge in [-0.05, 0) is 42.2 Å². The molecule has 5 nitrogen and oxygen atoms in total. The molecule has 2 N–H and O–H groups in total. The molecule has 0 unspecified atom stereocenters. The predicted octanol–water partition coefficient (Wildman–Crippen LogP) is 4.68. The number of aryl methyl sites for hydroxylation is 1. The Kier molecular flexibility index (Phi) is 6.77. The predicted molar refractivity (Wildman–Crippen MR) is 118 cm³/mol. The molecule has 0 spiro atoms. The number of hydrogen-bond donors (Lipinski definition) is 2. The van der Waals surface area contributed by atoms with Crippen molar-refractivity contribution in [3.63, 3.8) is 0 Å². The van der Waals surface area contributed by atoms with Crippen LogP contribution in [-0.4, -0.2) is 23.3 Å². The second kappa shape index (κ2) is 9.47. The van der Waals surface area contributed by atoms with Crippen LogP contribution in [0.15, 0.2) is 53.9 Å². The van der Waals surface area contributed by atoms with Gasteiger partial charge in [-0.2, -0.15) is 0 Å². The van der Waals surface area contributed by atoms with E-state index < -0.39 is 0 Å². The first kappa shape index (κ1) is 20.7. The van der Waals surface area contributed by atoms with Gasteiger partial charge in [-0.25, -0.2) is 4.98 Å². The van der Waals surface area contributed by atoms with Crippen LogP contribution in [0.1, 0.15) is 50.8 Å². The molecule has 0 aliphatic heterocycles. The van der Waals surface area contributed by atoms with Gasteiger partial charge in [0.15, 0.2) is 0 Å². The van der Waals surface area contributed by atoms with Crippen molar-refractivity contribution in [3.05, 3.63) is 81.3 Å². The lowest BCUT2D eigenvalue weighted by Crippen LogP contribution is -2.27. The highest BCUT2D eigenvalue weighted by molar-refractivity contribution is 7.09. The molecule has 0 bridgehead atoms. The largest absolute Gasteiger partial charge is 0.352 e. The highest BCUT2D eigenvalue weighted by atomic mass is 32.1. The molecule has 3 rings (SSSR count). The second-order valence-corrected chi connectivity index (χ2v) is 8.32. The molecule has 0 saturated carbocycles. The molecular formula is C23H25N3O2S. The number of thiazole rings is 1. The summed E-state index contributed by atoms with van der Waals surface area (Å²) >= 11 is 1.48. The summed E-state index contributed by atoms with van der Waals surface area (Å²) in [7, 11) is 0. The topological polar surface area (TPSA) is 71.1 Å². The molecule has 0 aliphatic rings. The number of anilines is 1. The minimum absolute atomic E-state index is 0.107. The molecular weight excluding hydrogens is 382 g/mol. The van der Waals surface area contributed by atoms with Crippen LogP contribution in [0.5, 0.6) is 0 Å². The van der Waals surface area contributed by atoms with Crippen LogP contribution in [0.25, 0.3) is 0 Å². The van der Waals surface area contributed by atoms with E-state index in [1.54, 1.807) is 23.6 Å². The minimum atomic E-state index is -0.249. The lowest BCUT2D eigenvalue weighted by atomic mass is 10.1. The van der Waals surface area contributed by atoms with Crippen LogP contribution < -0.4 is 10.6 Å². The van der Waals surface area contributed by atoms with E-state index in [0.717, 1.165) is 16.1 Å². The first-order chi connectivity index (χ1) is 13.9. The van der Waals surface area contributed by atoms with Crippen molar-refractivity contribution in [1.82, 2.24) is 10.3 Å². The maximum Gasteiger partial charge on any atom is 0.275 e. The van der Waals surface area contributed by atoms with Crippen molar-refractivity contribution in [3.8, 4) is 0 Å². The molecule has 0 radical (unpaired) electrons. The lowest BCUT2D eigenvalue weighted by molar-refractivity contribution is 0.0948. The van der Waals surface area contributed by atoms with Crippen molar-refractivity contribution in [2.24, 2.45) is 5.92 Å². The van der Waals surface area contributed by atoms with Crippen LogP contribution in [0.4, 0.5) is 5.69 Å². The summed E-state index contributed by atoms with van der Waals surface area (Å²) in [4.78, 5) is 29.2. The third kappa shape index (κ3) is 5.74. The number of aromatic nitrogens is 1. The van der Waals surface area contributed by atoms with Gasteiger partial charge in [0.2, 0.25) is 0 Å². The summed E-state index contributed by atoms with van der Waals surface area (Å²) in [5.74, 6) is 0.0360. The van der Waals surface area contributed by atoms with Crippen LogP contribution in [0.2, 0.25) is 0 Å². The van der Waals surface area contributed by atoms with Gasteiger partial charge in [0, 0.05) is 29.6 Å². The number of nitrogens with one attached hydrogen (secondary N) is 2. The normalized spacial score (nSPS) is 10.8. The van der Waals surface area contributed by atoms with Gasteiger partial charge < -0.3 is 10.6 Å². The molecule has 0 aliphatic carbocycles. The fourth-order valence-electron chi connectivity index (χ4n) is 2.80. The fourth-order valence-corrected chi connectivity index (χ4v) is 3.61. The van der Waals surface area contributed by atoms with Gasteiger partial charge in [0.25, 0.3) is 11.8 Å². The molecule has 0 fully saturated rings. The lowest BCUT2D eigenvalue weighted by Gasteiger charge is -2.11. The molecule has 0 atom stereocenters. The number of rotatable bonds is 7. The van der Waals surface area contributed by atoms with Crippen molar-refractivity contribution in [2.45, 2.75) is 27.2 Å². The molecule has 6 heteroatoms. The quantitative estimate of drug-likeness (QED) is 0.597. The number of amides is 2. The smallest absolute Gasteiger partial charge is 0.275 e. The molecule has 3 aromatic rings. The maximum absolute atomic E-state index is 12.6. The molecule has 150 valence electrons. The number of hydrogen-bond acceptors (Lipinski definition) is 4. The van der Waals surface area contributed by atoms with Gasteiger partial charge >= 0.3 is 0 Å². The molecule has 29 heavy (non-hydrogen) atoms. The number of carbonyl (C=O) groups is 2. The summed E-state index contributed by atoms with van der Waals surface area (Å²) < 4.78 is 0. The molecule has 0 saturated heterocycles. The highest BCUT2D eigenvalue weighted by Crippen LogP contribution is 2.19. The molecule has 2 amide bonds. The summed E-state index contributed by atoms with van der Waals surface area (Å²) in [6.45, 7) is 6.60. The number of nitrogens with zero attached hydrogens (tertiary/aromatic N) is 1. The van der Waals surface area contributed by atoms with Crippen molar-refractivity contribution >= 4 is 28.8 Å². The Morgan fingerprint density at radius 2 is 1.83 bits per heavy atom. The Morgan fingerprint density at radius 3 is 2.52 bits per heavy atom. The average molecular weight is 408 g/mol. The third-order valence-electron chi connectivity index (χ3n) is 4.39. The second-order valence-electron chi connectivity index (χ2n) is 7.38. The van der Waals surface area contributed by atoms with E-state index in [0.29, 0.717) is 35.8 Å². The van der Waals surface area contributed by atoms with E-state index in [1.807, 2.05) is 51.1 Å². The first-order valence-corrected chi connectivity index (χ1v) is 10.5. The standard InChI is InChI=1S/C23H25N3O2S/c1-15(2)13-24-22(27)18-9-10-19(16(3)11-18)26-23(28)20-14-29-21(25-20)12-17-7-5-4-6-8-17/h4-11,14-15H,12-13H2,1-3H3,(H,24,27)(H,26,28). The zero-order valence-corrected chi connectivity index (χ0v) is 17.7. The van der Waals surface area contributed by atoms with E-state index in [2.05, 4.69) is 15.6 Å². The van der Waals surface area contributed by atoms with Crippen molar-refractivity contribution in [1.29, 1.82) is 0 Å². The highest BCUT2D eigenvalue weighted by Gasteiger charge is 2.14. The van der Waals surface area contributed by atoms with Crippen molar-refractivity contribution in [2.75, 3.05) is 11.9 Å². The van der Waals surface area contributed by atoms with E-state index in [1.165, 1.54) is 11.3 Å². The van der Waals surface area contributed by atoms with E-state index in [9.17, 15) is 9.59 Å². The Morgan fingerprint density at radius 1 is 1.07 bits per heavy atom. The van der Waals surface area contributed by atoms with E-state index in [-0.39, 0.29) is 11.8 Å². The van der Waals surface area contributed by atoms with Crippen molar-refractivity contribution < 1.29 is 9.59 Å². The Labute approximate surface area is 175 Å². The van der Waals surface area contributed by atoms with E-state index in [4.69, 9.17) is 0 Å². The Hall–Kier alpha value is -2.99. The van der Waals surface area contributed by atoms with Gasteiger partial charge in [-0.3, -0.25) is 9.59 Å². The Bertz CT molecular complexity index is 996. The van der Waals surface area contributed by atoms with Gasteiger partial charge in [0.05, 0.1) is 5.01 Å². The van der Waals surface area contributed by atoms with Crippen LogP contribution in [0.3, 0.4) is 0 Å². The molecule has 1 heterocycles. The summed E-state index contributed by atoms with van der Waals surface area (Å²) in [5.41, 5.74) is 3.65. The third-order valence-corrected chi connectivity index (χ3v) is 5.24. The summed E-state index contributed by atoms with van der Waals surface area (Å²) in [6.07, 6.45) is 0.706. The van der Waals surface area contributed by atoms with Gasteiger partial charge in [0.1, 0.15) is 5.69 Å². The van der Waals surface area contributed by atoms with Crippen LogP contribution in [0, 0.1) is 12.8 Å². The minimum Gasteiger partial charge on any atom is -0.352 e. The summed E-state index contributed by atoms with van der Waals surface area (Å²) in [6, 6.07) is 15.3. The Balaban J connectivity index is 1.64. The zero-order valence-electron chi connectivity index (χ0n) is 16.9. The van der Waals surface area contributed by atoms with Crippen LogP contribution >= 0.6 is 11.3 Å². The molecule has 1 aromatic heterocycles. The number of carbonyl (C=O) groups excluding carboxylic acids is 2. The van der Waals surface area contributed by atoms with Crippen LogP contribution in [-0.2, 0) is 6.42 Å². The fraction of sp³-hybridized carbons (Fsp3) is 0.261. The van der Waals surface area contributed by atoms with Gasteiger partial charge in [-0.15, -0.1) is 11.3 Å². The first-order valence-electron chi connectivity index (χ1n) is 9.61. The average Bonchev–Trinajstić information content (AvgIpc) is 3.17. The number of benzene rings is 2. The van der Waals surface area contributed by atoms with Gasteiger partial charge in [-0.1, -0.05) is 44.2 Å².